The number of fused-ring (bicyclic) bond motifs is 2. The molecule has 1 amide bonds. The van der Waals surface area contributed by atoms with E-state index in [0.717, 1.165) is 5.56 Å². The minimum Gasteiger partial charge on any atom is -0.422 e. The lowest BCUT2D eigenvalue weighted by Crippen LogP contribution is -2.42. The summed E-state index contributed by atoms with van der Waals surface area (Å²) < 4.78 is 5.25. The van der Waals surface area contributed by atoms with E-state index >= 15 is 0 Å². The number of para-hydroxylation sites is 2. The predicted molar refractivity (Wildman–Crippen MR) is 124 cm³/mol. The maximum atomic E-state index is 13.4. The molecule has 164 valence electrons. The molecule has 5 rings (SSSR count). The van der Waals surface area contributed by atoms with Crippen molar-refractivity contribution in [3.05, 3.63) is 111 Å². The zero-order valence-electron chi connectivity index (χ0n) is 17.3. The number of hydrogen-bond acceptors (Lipinski definition) is 5. The van der Waals surface area contributed by atoms with Crippen molar-refractivity contribution >= 4 is 39.9 Å². The Bertz CT molecular complexity index is 1460. The van der Waals surface area contributed by atoms with Gasteiger partial charge >= 0.3 is 5.63 Å². The third-order valence-electron chi connectivity index (χ3n) is 5.85. The zero-order valence-corrected chi connectivity index (χ0v) is 18.1. The summed E-state index contributed by atoms with van der Waals surface area (Å²) in [6.45, 7) is 0.196. The van der Waals surface area contributed by atoms with E-state index in [4.69, 9.17) is 16.0 Å². The monoisotopic (exact) mass is 459 g/mol. The first-order valence-corrected chi connectivity index (χ1v) is 10.7. The van der Waals surface area contributed by atoms with Crippen LogP contribution >= 0.6 is 11.6 Å². The van der Waals surface area contributed by atoms with Gasteiger partial charge in [0.15, 0.2) is 11.4 Å². The van der Waals surface area contributed by atoms with Crippen LogP contribution in [0.25, 0.3) is 11.0 Å². The molecule has 2 heterocycles. The van der Waals surface area contributed by atoms with Gasteiger partial charge in [-0.3, -0.25) is 9.59 Å². The molecule has 1 aliphatic rings. The van der Waals surface area contributed by atoms with E-state index in [1.54, 1.807) is 72.8 Å². The largest absolute Gasteiger partial charge is 0.422 e. The minimum absolute atomic E-state index is 0.196. The average Bonchev–Trinajstić information content (AvgIpc) is 3.02. The number of rotatable bonds is 5. The first-order chi connectivity index (χ1) is 15.9. The van der Waals surface area contributed by atoms with Crippen molar-refractivity contribution in [1.82, 2.24) is 0 Å². The standard InChI is InChI=1S/C26H18ClNO5/c27-18-11-9-16(10-12-18)15-28-21-7-3-2-6-20(21)26(32,25(28)31)14-22(29)19-13-17-5-1-4-8-23(17)33-24(19)30/h1-13,32H,14-15H2/t26-/m0/s1. The smallest absolute Gasteiger partial charge is 0.347 e. The van der Waals surface area contributed by atoms with Crippen LogP contribution in [0, 0.1) is 0 Å². The Morgan fingerprint density at radius 3 is 2.45 bits per heavy atom. The highest BCUT2D eigenvalue weighted by Gasteiger charge is 2.51. The Balaban J connectivity index is 1.50. The number of carbonyl (C=O) groups is 2. The van der Waals surface area contributed by atoms with E-state index in [0.29, 0.717) is 27.2 Å². The van der Waals surface area contributed by atoms with E-state index in [1.807, 2.05) is 0 Å². The number of halogens is 1. The molecule has 7 heteroatoms. The fourth-order valence-electron chi connectivity index (χ4n) is 4.19. The molecule has 1 N–H and O–H groups in total. The number of aliphatic hydroxyl groups is 1. The second-order valence-corrected chi connectivity index (χ2v) is 8.42. The molecule has 4 aromatic rings. The van der Waals surface area contributed by atoms with E-state index in [2.05, 4.69) is 0 Å². The lowest BCUT2D eigenvalue weighted by Gasteiger charge is -2.22. The maximum absolute atomic E-state index is 13.4. The van der Waals surface area contributed by atoms with Gasteiger partial charge in [-0.2, -0.15) is 0 Å². The molecule has 0 bridgehead atoms. The van der Waals surface area contributed by atoms with Gasteiger partial charge in [0.2, 0.25) is 0 Å². The summed E-state index contributed by atoms with van der Waals surface area (Å²) in [6, 6.07) is 22.1. The molecule has 0 spiro atoms. The molecule has 0 unspecified atom stereocenters. The second kappa shape index (κ2) is 7.99. The normalized spacial score (nSPS) is 17.4. The van der Waals surface area contributed by atoms with Crippen LogP contribution in [0.4, 0.5) is 5.69 Å². The third-order valence-corrected chi connectivity index (χ3v) is 6.10. The molecule has 1 aliphatic heterocycles. The average molecular weight is 460 g/mol. The van der Waals surface area contributed by atoms with Gasteiger partial charge < -0.3 is 14.4 Å². The third kappa shape index (κ3) is 3.63. The zero-order chi connectivity index (χ0) is 23.2. The molecular formula is C26H18ClNO5. The highest BCUT2D eigenvalue weighted by atomic mass is 35.5. The fraction of sp³-hybridized carbons (Fsp3) is 0.115. The summed E-state index contributed by atoms with van der Waals surface area (Å²) in [5.74, 6) is -1.30. The van der Waals surface area contributed by atoms with Crippen LogP contribution in [0.3, 0.4) is 0 Å². The van der Waals surface area contributed by atoms with Gasteiger partial charge in [-0.05, 0) is 35.9 Å². The van der Waals surface area contributed by atoms with Gasteiger partial charge in [-0.15, -0.1) is 0 Å². The number of hydrogen-bond donors (Lipinski definition) is 1. The highest BCUT2D eigenvalue weighted by molar-refractivity contribution is 6.30. The van der Waals surface area contributed by atoms with Crippen molar-refractivity contribution in [2.24, 2.45) is 0 Å². The van der Waals surface area contributed by atoms with E-state index in [9.17, 15) is 19.5 Å². The Hall–Kier alpha value is -3.74. The molecular weight excluding hydrogens is 442 g/mol. The summed E-state index contributed by atoms with van der Waals surface area (Å²) >= 11 is 5.96. The van der Waals surface area contributed by atoms with E-state index in [1.165, 1.54) is 11.0 Å². The fourth-order valence-corrected chi connectivity index (χ4v) is 4.32. The van der Waals surface area contributed by atoms with Crippen LogP contribution < -0.4 is 10.5 Å². The number of benzene rings is 3. The number of Topliss-reactive ketones (excluding diaryl/α,β-unsaturated/α-hetero) is 1. The van der Waals surface area contributed by atoms with E-state index in [-0.39, 0.29) is 12.1 Å². The van der Waals surface area contributed by atoms with Gasteiger partial charge in [0.05, 0.1) is 18.7 Å². The van der Waals surface area contributed by atoms with Crippen molar-refractivity contribution < 1.29 is 19.1 Å². The van der Waals surface area contributed by atoms with Crippen molar-refractivity contribution in [3.8, 4) is 0 Å². The van der Waals surface area contributed by atoms with E-state index < -0.39 is 29.3 Å². The number of ketones is 1. The molecule has 0 fully saturated rings. The first kappa shape index (κ1) is 21.1. The van der Waals surface area contributed by atoms with Gasteiger partial charge in [0, 0.05) is 16.0 Å². The molecule has 3 aromatic carbocycles. The van der Waals surface area contributed by atoms with Crippen LogP contribution in [-0.4, -0.2) is 16.8 Å². The predicted octanol–water partition coefficient (Wildman–Crippen LogP) is 4.45. The van der Waals surface area contributed by atoms with Gasteiger partial charge in [0.1, 0.15) is 11.1 Å². The summed E-state index contributed by atoms with van der Waals surface area (Å²) in [5, 5.41) is 12.6. The first-order valence-electron chi connectivity index (χ1n) is 10.3. The summed E-state index contributed by atoms with van der Waals surface area (Å²) in [5.41, 5.74) is -1.11. The van der Waals surface area contributed by atoms with Gasteiger partial charge in [0.25, 0.3) is 5.91 Å². The maximum Gasteiger partial charge on any atom is 0.347 e. The number of anilines is 1. The Labute approximate surface area is 193 Å². The topological polar surface area (TPSA) is 87.8 Å². The second-order valence-electron chi connectivity index (χ2n) is 7.98. The Morgan fingerprint density at radius 1 is 0.970 bits per heavy atom. The molecule has 1 atom stereocenters. The summed E-state index contributed by atoms with van der Waals surface area (Å²) in [4.78, 5) is 40.4. The SMILES string of the molecule is O=C(C[C@@]1(O)C(=O)N(Cc2ccc(Cl)cc2)c2ccccc21)c1cc2ccccc2oc1=O. The Kier molecular flexibility index (Phi) is 5.12. The molecule has 0 aliphatic carbocycles. The van der Waals surface area contributed by atoms with Crippen LogP contribution in [0.5, 0.6) is 0 Å². The molecule has 0 radical (unpaired) electrons. The summed E-state index contributed by atoms with van der Waals surface area (Å²) in [6.07, 6.45) is -0.580. The molecule has 6 nitrogen and oxygen atoms in total. The van der Waals surface area contributed by atoms with Gasteiger partial charge in [-0.25, -0.2) is 4.79 Å². The quantitative estimate of drug-likeness (QED) is 0.352. The number of carbonyl (C=O) groups excluding carboxylic acids is 2. The van der Waals surface area contributed by atoms with Crippen molar-refractivity contribution in [3.63, 3.8) is 0 Å². The molecule has 33 heavy (non-hydrogen) atoms. The van der Waals surface area contributed by atoms with Crippen molar-refractivity contribution in [2.75, 3.05) is 4.90 Å². The minimum atomic E-state index is -2.10. The van der Waals surface area contributed by atoms with Crippen molar-refractivity contribution in [2.45, 2.75) is 18.6 Å². The molecule has 1 aromatic heterocycles. The van der Waals surface area contributed by atoms with Crippen LogP contribution in [0.1, 0.15) is 27.9 Å². The molecule has 0 saturated heterocycles. The number of nitrogens with zero attached hydrogens (tertiary/aromatic N) is 1. The summed E-state index contributed by atoms with van der Waals surface area (Å²) in [7, 11) is 0. The Morgan fingerprint density at radius 2 is 1.67 bits per heavy atom. The van der Waals surface area contributed by atoms with Crippen LogP contribution in [0.15, 0.2) is 88.1 Å². The number of amides is 1. The van der Waals surface area contributed by atoms with Crippen LogP contribution in [0.2, 0.25) is 5.02 Å². The van der Waals surface area contributed by atoms with Crippen molar-refractivity contribution in [1.29, 1.82) is 0 Å². The lowest BCUT2D eigenvalue weighted by atomic mass is 9.88. The van der Waals surface area contributed by atoms with Crippen LogP contribution in [-0.2, 0) is 16.9 Å². The van der Waals surface area contributed by atoms with Gasteiger partial charge in [-0.1, -0.05) is 60.1 Å². The molecule has 0 saturated carbocycles. The highest BCUT2D eigenvalue weighted by Crippen LogP contribution is 2.43. The lowest BCUT2D eigenvalue weighted by molar-refractivity contribution is -0.136.